The number of ether oxygens (including phenoxy) is 1. The molecule has 2 aromatic heterocycles. The topological polar surface area (TPSA) is 46.2 Å². The lowest BCUT2D eigenvalue weighted by Gasteiger charge is -2.08. The minimum Gasteiger partial charge on any atom is -0.496 e. The first-order valence-corrected chi connectivity index (χ1v) is 8.75. The maximum atomic E-state index is 12.4. The zero-order valence-corrected chi connectivity index (χ0v) is 14.5. The maximum Gasteiger partial charge on any atom is 0.434 e. The summed E-state index contributed by atoms with van der Waals surface area (Å²) in [6.45, 7) is 0.602. The number of aromatic nitrogens is 1. The fraction of sp³-hybridized carbons (Fsp3) is 0.385. The van der Waals surface area contributed by atoms with Gasteiger partial charge in [-0.05, 0) is 36.5 Å². The summed E-state index contributed by atoms with van der Waals surface area (Å²) >= 11 is 7.53. The van der Waals surface area contributed by atoms with Gasteiger partial charge in [-0.3, -0.25) is 0 Å². The number of thiophene rings is 1. The van der Waals surface area contributed by atoms with Crippen LogP contribution in [-0.4, -0.2) is 23.8 Å². The SMILES string of the molecule is COc1ccsc1CCCNC(=S)Nc1nc(C(F)(F)F)cs1. The van der Waals surface area contributed by atoms with Gasteiger partial charge in [-0.15, -0.1) is 22.7 Å². The lowest BCUT2D eigenvalue weighted by molar-refractivity contribution is -0.140. The smallest absolute Gasteiger partial charge is 0.434 e. The van der Waals surface area contributed by atoms with Gasteiger partial charge in [0, 0.05) is 16.8 Å². The van der Waals surface area contributed by atoms with Crippen LogP contribution in [0.15, 0.2) is 16.8 Å². The van der Waals surface area contributed by atoms with Crippen LogP contribution < -0.4 is 15.4 Å². The van der Waals surface area contributed by atoms with Crippen molar-refractivity contribution in [2.24, 2.45) is 0 Å². The number of nitrogens with zero attached hydrogens (tertiary/aromatic N) is 1. The van der Waals surface area contributed by atoms with Crippen molar-refractivity contribution in [1.82, 2.24) is 10.3 Å². The van der Waals surface area contributed by atoms with Gasteiger partial charge in [0.05, 0.1) is 7.11 Å². The largest absolute Gasteiger partial charge is 0.496 e. The fourth-order valence-electron chi connectivity index (χ4n) is 1.75. The van der Waals surface area contributed by atoms with Crippen molar-refractivity contribution in [3.8, 4) is 5.75 Å². The van der Waals surface area contributed by atoms with E-state index in [0.29, 0.717) is 6.54 Å². The second-order valence-corrected chi connectivity index (χ2v) is 6.70. The Balaban J connectivity index is 1.72. The highest BCUT2D eigenvalue weighted by Crippen LogP contribution is 2.31. The molecule has 0 unspecified atom stereocenters. The standard InChI is InChI=1S/C13H14F3N3OS3/c1-20-8-4-6-22-9(8)3-2-5-17-11(21)19-12-18-10(7-23-12)13(14,15)16/h4,6-7H,2-3,5H2,1H3,(H2,17,18,19,21). The number of methoxy groups -OCH3 is 1. The first-order chi connectivity index (χ1) is 10.9. The highest BCUT2D eigenvalue weighted by atomic mass is 32.1. The Morgan fingerprint density at radius 3 is 2.83 bits per heavy atom. The van der Waals surface area contributed by atoms with Crippen LogP contribution in [0, 0.1) is 0 Å². The van der Waals surface area contributed by atoms with E-state index in [1.807, 2.05) is 11.4 Å². The third kappa shape index (κ3) is 5.33. The summed E-state index contributed by atoms with van der Waals surface area (Å²) in [6.07, 6.45) is -2.78. The normalized spacial score (nSPS) is 11.3. The molecule has 0 saturated heterocycles. The third-order valence-electron chi connectivity index (χ3n) is 2.81. The summed E-state index contributed by atoms with van der Waals surface area (Å²) < 4.78 is 42.6. The number of hydrogen-bond donors (Lipinski definition) is 2. The molecular weight excluding hydrogens is 367 g/mol. The fourth-order valence-corrected chi connectivity index (χ4v) is 3.62. The molecule has 4 nitrogen and oxygen atoms in total. The second kappa shape index (κ2) is 7.93. The van der Waals surface area contributed by atoms with E-state index >= 15 is 0 Å². The molecule has 2 rings (SSSR count). The van der Waals surface area contributed by atoms with Crippen LogP contribution in [0.2, 0.25) is 0 Å². The molecule has 0 amide bonds. The molecule has 0 spiro atoms. The zero-order chi connectivity index (χ0) is 16.9. The van der Waals surface area contributed by atoms with Crippen LogP contribution in [0.25, 0.3) is 0 Å². The van der Waals surface area contributed by atoms with E-state index in [0.717, 1.165) is 40.2 Å². The third-order valence-corrected chi connectivity index (χ3v) is 4.77. The number of aryl methyl sites for hydroxylation is 1. The summed E-state index contributed by atoms with van der Waals surface area (Å²) in [5.41, 5.74) is -0.919. The van der Waals surface area contributed by atoms with Crippen molar-refractivity contribution in [2.45, 2.75) is 19.0 Å². The van der Waals surface area contributed by atoms with Crippen LogP contribution in [0.3, 0.4) is 0 Å². The van der Waals surface area contributed by atoms with Gasteiger partial charge in [0.15, 0.2) is 15.9 Å². The second-order valence-electron chi connectivity index (χ2n) is 4.43. The molecule has 0 radical (unpaired) electrons. The molecule has 0 aliphatic rings. The zero-order valence-electron chi connectivity index (χ0n) is 12.1. The molecular formula is C13H14F3N3OS3. The first kappa shape index (κ1) is 18.0. The lowest BCUT2D eigenvalue weighted by atomic mass is 10.2. The number of hydrogen-bond acceptors (Lipinski definition) is 5. The number of halogens is 3. The number of rotatable bonds is 6. The summed E-state index contributed by atoms with van der Waals surface area (Å²) in [5, 5.41) is 8.90. The van der Waals surface area contributed by atoms with Gasteiger partial charge in [-0.1, -0.05) is 0 Å². The van der Waals surface area contributed by atoms with E-state index in [9.17, 15) is 13.2 Å². The lowest BCUT2D eigenvalue weighted by Crippen LogP contribution is -2.29. The molecule has 0 atom stereocenters. The van der Waals surface area contributed by atoms with Crippen molar-refractivity contribution < 1.29 is 17.9 Å². The molecule has 2 N–H and O–H groups in total. The number of alkyl halides is 3. The molecule has 0 saturated carbocycles. The molecule has 0 aliphatic carbocycles. The van der Waals surface area contributed by atoms with Gasteiger partial charge in [0.1, 0.15) is 5.75 Å². The number of anilines is 1. The van der Waals surface area contributed by atoms with Crippen LogP contribution in [-0.2, 0) is 12.6 Å². The average molecular weight is 381 g/mol. The summed E-state index contributed by atoms with van der Waals surface area (Å²) in [5.74, 6) is 0.873. The summed E-state index contributed by atoms with van der Waals surface area (Å²) in [4.78, 5) is 4.61. The number of nitrogens with one attached hydrogen (secondary N) is 2. The predicted octanol–water partition coefficient (Wildman–Crippen LogP) is 4.15. The summed E-state index contributed by atoms with van der Waals surface area (Å²) in [7, 11) is 1.63. The minimum atomic E-state index is -4.44. The molecule has 0 aromatic carbocycles. The quantitative estimate of drug-likeness (QED) is 0.581. The molecule has 126 valence electrons. The number of thiazole rings is 1. The molecule has 2 aromatic rings. The van der Waals surface area contributed by atoms with Crippen molar-refractivity contribution in [3.63, 3.8) is 0 Å². The highest BCUT2D eigenvalue weighted by molar-refractivity contribution is 7.80. The van der Waals surface area contributed by atoms with Gasteiger partial charge in [0.2, 0.25) is 0 Å². The highest BCUT2D eigenvalue weighted by Gasteiger charge is 2.33. The predicted molar refractivity (Wildman–Crippen MR) is 90.5 cm³/mol. The van der Waals surface area contributed by atoms with Gasteiger partial charge in [-0.25, -0.2) is 4.98 Å². The van der Waals surface area contributed by atoms with Gasteiger partial charge >= 0.3 is 6.18 Å². The van der Waals surface area contributed by atoms with E-state index in [1.54, 1.807) is 18.4 Å². The Morgan fingerprint density at radius 1 is 1.39 bits per heavy atom. The van der Waals surface area contributed by atoms with Gasteiger partial charge in [0.25, 0.3) is 0 Å². The van der Waals surface area contributed by atoms with E-state index < -0.39 is 11.9 Å². The van der Waals surface area contributed by atoms with Crippen LogP contribution in [0.4, 0.5) is 18.3 Å². The Labute approximate surface area is 144 Å². The molecule has 0 bridgehead atoms. The Hall–Kier alpha value is -1.39. The maximum absolute atomic E-state index is 12.4. The Bertz CT molecular complexity index is 654. The van der Waals surface area contributed by atoms with Crippen LogP contribution in [0.5, 0.6) is 5.75 Å². The molecule has 2 heterocycles. The Kier molecular flexibility index (Phi) is 6.19. The van der Waals surface area contributed by atoms with Crippen LogP contribution in [0.1, 0.15) is 17.0 Å². The minimum absolute atomic E-state index is 0.120. The van der Waals surface area contributed by atoms with E-state index in [2.05, 4.69) is 15.6 Å². The molecule has 23 heavy (non-hydrogen) atoms. The number of thiocarbonyl (C=S) groups is 1. The van der Waals surface area contributed by atoms with Gasteiger partial charge in [-0.2, -0.15) is 13.2 Å². The average Bonchev–Trinajstić information content (AvgIpc) is 3.11. The van der Waals surface area contributed by atoms with Gasteiger partial charge < -0.3 is 15.4 Å². The molecule has 0 fully saturated rings. The molecule has 0 aliphatic heterocycles. The van der Waals surface area contributed by atoms with Crippen LogP contribution >= 0.6 is 34.9 Å². The van der Waals surface area contributed by atoms with E-state index in [4.69, 9.17) is 17.0 Å². The summed E-state index contributed by atoms with van der Waals surface area (Å²) in [6, 6.07) is 1.92. The molecule has 10 heteroatoms. The van der Waals surface area contributed by atoms with Crippen molar-refractivity contribution in [2.75, 3.05) is 19.0 Å². The van der Waals surface area contributed by atoms with Crippen molar-refractivity contribution in [3.05, 3.63) is 27.4 Å². The first-order valence-electron chi connectivity index (χ1n) is 6.58. The van der Waals surface area contributed by atoms with E-state index in [1.165, 1.54) is 0 Å². The van der Waals surface area contributed by atoms with Crippen molar-refractivity contribution in [1.29, 1.82) is 0 Å². The Morgan fingerprint density at radius 2 is 2.17 bits per heavy atom. The monoisotopic (exact) mass is 381 g/mol. The van der Waals surface area contributed by atoms with Crippen molar-refractivity contribution >= 4 is 45.1 Å². The van der Waals surface area contributed by atoms with E-state index in [-0.39, 0.29) is 10.2 Å².